The van der Waals surface area contributed by atoms with Crippen molar-refractivity contribution in [1.82, 2.24) is 10.2 Å². The van der Waals surface area contributed by atoms with Crippen molar-refractivity contribution in [1.29, 1.82) is 0 Å². The lowest BCUT2D eigenvalue weighted by atomic mass is 10.1. The fourth-order valence-electron chi connectivity index (χ4n) is 1.98. The van der Waals surface area contributed by atoms with Gasteiger partial charge in [0, 0.05) is 12.1 Å². The predicted molar refractivity (Wildman–Crippen MR) is 74.2 cm³/mol. The zero-order chi connectivity index (χ0) is 15.5. The average Bonchev–Trinajstić information content (AvgIpc) is 2.65. The Morgan fingerprint density at radius 3 is 2.35 bits per heavy atom. The maximum Gasteiger partial charge on any atom is 0.323 e. The summed E-state index contributed by atoms with van der Waals surface area (Å²) < 4.78 is 23.0. The predicted octanol–water partition coefficient (Wildman–Crippen LogP) is 0.314. The van der Waals surface area contributed by atoms with Crippen LogP contribution >= 0.6 is 0 Å². The first-order valence-electron chi connectivity index (χ1n) is 6.61. The van der Waals surface area contributed by atoms with Gasteiger partial charge in [-0.25, -0.2) is 13.2 Å². The Hall–Kier alpha value is -1.31. The molecule has 1 saturated heterocycles. The Morgan fingerprint density at radius 2 is 1.95 bits per heavy atom. The molecule has 1 aliphatic rings. The number of carbonyl (C=O) groups is 2. The van der Waals surface area contributed by atoms with Gasteiger partial charge >= 0.3 is 12.0 Å². The third-order valence-corrected chi connectivity index (χ3v) is 5.32. The van der Waals surface area contributed by atoms with E-state index in [1.807, 2.05) is 20.8 Å². The van der Waals surface area contributed by atoms with Crippen molar-refractivity contribution in [3.63, 3.8) is 0 Å². The minimum absolute atomic E-state index is 0.000793. The monoisotopic (exact) mass is 306 g/mol. The Labute approximate surface area is 119 Å². The lowest BCUT2D eigenvalue weighted by Gasteiger charge is -2.29. The van der Waals surface area contributed by atoms with Crippen LogP contribution in [0.25, 0.3) is 0 Å². The van der Waals surface area contributed by atoms with Gasteiger partial charge in [-0.15, -0.1) is 0 Å². The van der Waals surface area contributed by atoms with E-state index in [2.05, 4.69) is 5.32 Å². The second kappa shape index (κ2) is 6.43. The SMILES string of the molecule is CC(C)C(C)NC(=O)N(CC(=O)O)C1CCS(=O)(=O)C1. The van der Waals surface area contributed by atoms with E-state index in [-0.39, 0.29) is 23.5 Å². The van der Waals surface area contributed by atoms with Crippen molar-refractivity contribution in [3.05, 3.63) is 0 Å². The summed E-state index contributed by atoms with van der Waals surface area (Å²) in [5.41, 5.74) is 0. The van der Waals surface area contributed by atoms with Crippen molar-refractivity contribution in [2.75, 3.05) is 18.1 Å². The van der Waals surface area contributed by atoms with E-state index in [0.29, 0.717) is 6.42 Å². The number of rotatable bonds is 5. The van der Waals surface area contributed by atoms with E-state index in [1.54, 1.807) is 0 Å². The molecule has 0 radical (unpaired) electrons. The number of carboxylic acids is 1. The van der Waals surface area contributed by atoms with Crippen LogP contribution in [0.4, 0.5) is 4.79 Å². The van der Waals surface area contributed by atoms with Gasteiger partial charge in [-0.3, -0.25) is 4.79 Å². The third-order valence-electron chi connectivity index (χ3n) is 3.57. The van der Waals surface area contributed by atoms with Crippen LogP contribution in [0.15, 0.2) is 0 Å². The van der Waals surface area contributed by atoms with E-state index >= 15 is 0 Å². The van der Waals surface area contributed by atoms with Crippen molar-refractivity contribution >= 4 is 21.8 Å². The van der Waals surface area contributed by atoms with Gasteiger partial charge in [0.15, 0.2) is 9.84 Å². The van der Waals surface area contributed by atoms with Crippen molar-refractivity contribution in [2.24, 2.45) is 5.92 Å². The largest absolute Gasteiger partial charge is 0.480 e. The standard InChI is InChI=1S/C12H22N2O5S/c1-8(2)9(3)13-12(17)14(6-11(15)16)10-4-5-20(18,19)7-10/h8-10H,4-7H2,1-3H3,(H,13,17)(H,15,16). The summed E-state index contributed by atoms with van der Waals surface area (Å²) in [5.74, 6) is -1.11. The Bertz CT molecular complexity index is 474. The summed E-state index contributed by atoms with van der Waals surface area (Å²) in [6.45, 7) is 5.21. The van der Waals surface area contributed by atoms with Gasteiger partial charge in [-0.05, 0) is 19.3 Å². The molecular weight excluding hydrogens is 284 g/mol. The fraction of sp³-hybridized carbons (Fsp3) is 0.833. The molecule has 116 valence electrons. The number of nitrogens with one attached hydrogen (secondary N) is 1. The molecule has 0 aromatic heterocycles. The maximum absolute atomic E-state index is 12.1. The van der Waals surface area contributed by atoms with Crippen LogP contribution in [0.5, 0.6) is 0 Å². The lowest BCUT2D eigenvalue weighted by molar-refractivity contribution is -0.138. The van der Waals surface area contributed by atoms with Crippen molar-refractivity contribution in [3.8, 4) is 0 Å². The Kier molecular flexibility index (Phi) is 5.38. The number of amides is 2. The normalized spacial score (nSPS) is 22.5. The molecule has 2 amide bonds. The van der Waals surface area contributed by atoms with Crippen LogP contribution in [0, 0.1) is 5.92 Å². The van der Waals surface area contributed by atoms with Gasteiger partial charge in [0.2, 0.25) is 0 Å². The quantitative estimate of drug-likeness (QED) is 0.761. The third kappa shape index (κ3) is 4.66. The molecule has 0 spiro atoms. The van der Waals surface area contributed by atoms with Crippen LogP contribution in [0.1, 0.15) is 27.2 Å². The molecule has 1 heterocycles. The summed E-state index contributed by atoms with van der Waals surface area (Å²) >= 11 is 0. The van der Waals surface area contributed by atoms with Gasteiger partial charge < -0.3 is 15.3 Å². The van der Waals surface area contributed by atoms with E-state index in [1.165, 1.54) is 0 Å². The molecular formula is C12H22N2O5S. The highest BCUT2D eigenvalue weighted by Gasteiger charge is 2.36. The Balaban J connectivity index is 2.79. The molecule has 7 nitrogen and oxygen atoms in total. The van der Waals surface area contributed by atoms with Gasteiger partial charge in [0.1, 0.15) is 6.54 Å². The zero-order valence-corrected chi connectivity index (χ0v) is 12.8. The molecule has 2 atom stereocenters. The van der Waals surface area contributed by atoms with E-state index in [0.717, 1.165) is 4.90 Å². The van der Waals surface area contributed by atoms with Crippen LogP contribution in [-0.2, 0) is 14.6 Å². The van der Waals surface area contributed by atoms with Crippen LogP contribution in [0.3, 0.4) is 0 Å². The van der Waals surface area contributed by atoms with Crippen LogP contribution in [0.2, 0.25) is 0 Å². The molecule has 0 saturated carbocycles. The summed E-state index contributed by atoms with van der Waals surface area (Å²) in [5, 5.41) is 11.6. The molecule has 0 bridgehead atoms. The lowest BCUT2D eigenvalue weighted by Crippen LogP contribution is -2.51. The number of sulfone groups is 1. The number of nitrogens with zero attached hydrogens (tertiary/aromatic N) is 1. The molecule has 0 aromatic rings. The molecule has 2 unspecified atom stereocenters. The van der Waals surface area contributed by atoms with Gasteiger partial charge in [0.25, 0.3) is 0 Å². The number of hydrogen-bond acceptors (Lipinski definition) is 4. The van der Waals surface area contributed by atoms with E-state index in [4.69, 9.17) is 5.11 Å². The minimum atomic E-state index is -3.17. The molecule has 1 rings (SSSR count). The van der Waals surface area contributed by atoms with Gasteiger partial charge in [0.05, 0.1) is 11.5 Å². The molecule has 8 heteroatoms. The second-order valence-corrected chi connectivity index (χ2v) is 7.79. The average molecular weight is 306 g/mol. The molecule has 0 aromatic carbocycles. The smallest absolute Gasteiger partial charge is 0.323 e. The topological polar surface area (TPSA) is 104 Å². The number of carboxylic acid groups (broad SMARTS) is 1. The fourth-order valence-corrected chi connectivity index (χ4v) is 3.71. The van der Waals surface area contributed by atoms with Crippen molar-refractivity contribution < 1.29 is 23.1 Å². The highest BCUT2D eigenvalue weighted by Crippen LogP contribution is 2.18. The zero-order valence-electron chi connectivity index (χ0n) is 12.0. The highest BCUT2D eigenvalue weighted by molar-refractivity contribution is 7.91. The van der Waals surface area contributed by atoms with Crippen molar-refractivity contribution in [2.45, 2.75) is 39.3 Å². The van der Waals surface area contributed by atoms with Crippen LogP contribution in [-0.4, -0.2) is 60.6 Å². The second-order valence-electron chi connectivity index (χ2n) is 5.56. The number of hydrogen-bond donors (Lipinski definition) is 2. The number of urea groups is 1. The Morgan fingerprint density at radius 1 is 1.35 bits per heavy atom. The number of aliphatic carboxylic acids is 1. The van der Waals surface area contributed by atoms with Gasteiger partial charge in [-0.2, -0.15) is 0 Å². The summed E-state index contributed by atoms with van der Waals surface area (Å²) in [7, 11) is -3.17. The first kappa shape index (κ1) is 16.7. The summed E-state index contributed by atoms with van der Waals surface area (Å²) in [4.78, 5) is 24.1. The molecule has 2 N–H and O–H groups in total. The van der Waals surface area contributed by atoms with E-state index in [9.17, 15) is 18.0 Å². The molecule has 20 heavy (non-hydrogen) atoms. The summed E-state index contributed by atoms with van der Waals surface area (Å²) in [6, 6.07) is -1.19. The first-order chi connectivity index (χ1) is 9.12. The summed E-state index contributed by atoms with van der Waals surface area (Å²) in [6.07, 6.45) is 0.291. The molecule has 1 aliphatic heterocycles. The minimum Gasteiger partial charge on any atom is -0.480 e. The first-order valence-corrected chi connectivity index (χ1v) is 8.44. The highest BCUT2D eigenvalue weighted by atomic mass is 32.2. The van der Waals surface area contributed by atoms with E-state index < -0.39 is 34.4 Å². The van der Waals surface area contributed by atoms with Crippen LogP contribution < -0.4 is 5.32 Å². The van der Waals surface area contributed by atoms with Gasteiger partial charge in [-0.1, -0.05) is 13.8 Å². The number of carbonyl (C=O) groups excluding carboxylic acids is 1. The maximum atomic E-state index is 12.1. The molecule has 1 fully saturated rings. The molecule has 0 aliphatic carbocycles.